The van der Waals surface area contributed by atoms with Crippen molar-refractivity contribution in [1.82, 2.24) is 20.2 Å². The second-order valence-corrected chi connectivity index (χ2v) is 6.80. The number of benzene rings is 1. The van der Waals surface area contributed by atoms with Gasteiger partial charge in [0.15, 0.2) is 6.61 Å². The normalized spacial score (nSPS) is 13.9. The number of hydrogen-bond acceptors (Lipinski definition) is 6. The smallest absolute Gasteiger partial charge is 0.324 e. The Morgan fingerprint density at radius 2 is 2.12 bits per heavy atom. The minimum Gasteiger partial charge on any atom is -0.467 e. The molecule has 1 N–H and O–H groups in total. The molecular weight excluding hydrogens is 352 g/mol. The molecule has 3 amide bonds. The highest BCUT2D eigenvalue weighted by Gasteiger charge is 2.26. The Hall–Kier alpha value is -3.00. The Bertz CT molecular complexity index is 984. The van der Waals surface area contributed by atoms with E-state index >= 15 is 0 Å². The highest BCUT2D eigenvalue weighted by Crippen LogP contribution is 2.37. The van der Waals surface area contributed by atoms with E-state index in [0.717, 1.165) is 26.2 Å². The van der Waals surface area contributed by atoms with E-state index in [4.69, 9.17) is 4.74 Å². The molecule has 8 heteroatoms. The Kier molecular flexibility index (Phi) is 4.26. The molecule has 7 nitrogen and oxygen atoms in total. The number of carbonyl (C=O) groups excluding carboxylic acids is 2. The summed E-state index contributed by atoms with van der Waals surface area (Å²) in [6.45, 7) is 2.60. The predicted molar refractivity (Wildman–Crippen MR) is 98.2 cm³/mol. The third-order valence-corrected chi connectivity index (χ3v) is 5.07. The van der Waals surface area contributed by atoms with Crippen molar-refractivity contribution >= 4 is 33.5 Å². The average Bonchev–Trinajstić information content (AvgIpc) is 3.27. The first kappa shape index (κ1) is 16.5. The van der Waals surface area contributed by atoms with Gasteiger partial charge < -0.3 is 10.1 Å². The van der Waals surface area contributed by atoms with Gasteiger partial charge in [0.1, 0.15) is 11.2 Å². The highest BCUT2D eigenvalue weighted by molar-refractivity contribution is 7.17. The van der Waals surface area contributed by atoms with Gasteiger partial charge in [0.25, 0.3) is 5.91 Å². The molecule has 0 saturated carbocycles. The molecule has 0 atom stereocenters. The molecule has 2 aromatic heterocycles. The van der Waals surface area contributed by atoms with Crippen LogP contribution >= 0.6 is 11.3 Å². The van der Waals surface area contributed by atoms with Crippen LogP contribution in [0.15, 0.2) is 36.0 Å². The Labute approximate surface area is 153 Å². The van der Waals surface area contributed by atoms with E-state index < -0.39 is 0 Å². The van der Waals surface area contributed by atoms with Gasteiger partial charge in [-0.25, -0.2) is 14.8 Å². The summed E-state index contributed by atoms with van der Waals surface area (Å²) in [6.07, 6.45) is 1.42. The lowest BCUT2D eigenvalue weighted by molar-refractivity contribution is -0.129. The summed E-state index contributed by atoms with van der Waals surface area (Å²) < 4.78 is 5.67. The Balaban J connectivity index is 1.63. The van der Waals surface area contributed by atoms with E-state index in [1.54, 1.807) is 0 Å². The number of urea groups is 1. The van der Waals surface area contributed by atoms with Crippen molar-refractivity contribution < 1.29 is 14.3 Å². The number of nitrogens with one attached hydrogen (secondary N) is 1. The van der Waals surface area contributed by atoms with E-state index in [9.17, 15) is 9.59 Å². The van der Waals surface area contributed by atoms with Crippen LogP contribution in [0.1, 0.15) is 5.56 Å². The average molecular weight is 368 g/mol. The van der Waals surface area contributed by atoms with Crippen LogP contribution in [0.5, 0.6) is 5.88 Å². The zero-order valence-electron chi connectivity index (χ0n) is 14.1. The van der Waals surface area contributed by atoms with Crippen LogP contribution in [0.3, 0.4) is 0 Å². The highest BCUT2D eigenvalue weighted by atomic mass is 32.1. The zero-order chi connectivity index (χ0) is 18.1. The number of amides is 3. The summed E-state index contributed by atoms with van der Waals surface area (Å²) in [7, 11) is 0. The third kappa shape index (κ3) is 2.99. The van der Waals surface area contributed by atoms with Crippen LogP contribution in [-0.2, 0) is 4.79 Å². The van der Waals surface area contributed by atoms with Gasteiger partial charge >= 0.3 is 6.03 Å². The second kappa shape index (κ2) is 6.72. The van der Waals surface area contributed by atoms with Gasteiger partial charge in [-0.3, -0.25) is 9.69 Å². The summed E-state index contributed by atoms with van der Waals surface area (Å²) in [5.74, 6) is -0.0429. The molecule has 1 fully saturated rings. The van der Waals surface area contributed by atoms with Crippen molar-refractivity contribution in [2.24, 2.45) is 0 Å². The number of hydrogen-bond donors (Lipinski definition) is 1. The van der Waals surface area contributed by atoms with Crippen molar-refractivity contribution in [1.29, 1.82) is 0 Å². The van der Waals surface area contributed by atoms with Crippen molar-refractivity contribution in [3.63, 3.8) is 0 Å². The molecule has 4 rings (SSSR count). The lowest BCUT2D eigenvalue weighted by atomic mass is 10.0. The first-order valence-corrected chi connectivity index (χ1v) is 9.01. The molecule has 1 aromatic carbocycles. The molecule has 0 unspecified atom stereocenters. The van der Waals surface area contributed by atoms with Crippen molar-refractivity contribution in [2.45, 2.75) is 6.92 Å². The molecule has 0 bridgehead atoms. The van der Waals surface area contributed by atoms with E-state index in [2.05, 4.69) is 15.3 Å². The van der Waals surface area contributed by atoms with Crippen LogP contribution in [-0.4, -0.2) is 46.5 Å². The van der Waals surface area contributed by atoms with Gasteiger partial charge in [-0.1, -0.05) is 29.8 Å². The number of aromatic nitrogens is 2. The lowest BCUT2D eigenvalue weighted by Crippen LogP contribution is -2.37. The predicted octanol–water partition coefficient (Wildman–Crippen LogP) is 2.60. The fraction of sp³-hybridized carbons (Fsp3) is 0.222. The topological polar surface area (TPSA) is 84.4 Å². The van der Waals surface area contributed by atoms with Gasteiger partial charge in [-0.05, 0) is 12.5 Å². The maximum atomic E-state index is 12.2. The van der Waals surface area contributed by atoms with E-state index in [-0.39, 0.29) is 18.5 Å². The van der Waals surface area contributed by atoms with Crippen molar-refractivity contribution in [2.75, 3.05) is 19.7 Å². The largest absolute Gasteiger partial charge is 0.467 e. The molecule has 0 spiro atoms. The summed E-state index contributed by atoms with van der Waals surface area (Å²) in [5, 5.41) is 5.38. The molecule has 3 heterocycles. The quantitative estimate of drug-likeness (QED) is 0.765. The van der Waals surface area contributed by atoms with Gasteiger partial charge in [0.05, 0.1) is 5.39 Å². The summed E-state index contributed by atoms with van der Waals surface area (Å²) in [6, 6.07) is 7.76. The fourth-order valence-electron chi connectivity index (χ4n) is 2.82. The minimum atomic E-state index is -0.390. The first-order valence-electron chi connectivity index (χ1n) is 8.14. The minimum absolute atomic E-state index is 0.247. The van der Waals surface area contributed by atoms with Crippen molar-refractivity contribution in [3.05, 3.63) is 41.5 Å². The Morgan fingerprint density at radius 1 is 1.31 bits per heavy atom. The molecule has 26 heavy (non-hydrogen) atoms. The number of rotatable bonds is 4. The fourth-order valence-corrected chi connectivity index (χ4v) is 3.73. The van der Waals surface area contributed by atoms with Gasteiger partial charge in [0, 0.05) is 24.0 Å². The number of imide groups is 1. The van der Waals surface area contributed by atoms with Gasteiger partial charge in [0.2, 0.25) is 5.88 Å². The van der Waals surface area contributed by atoms with Crippen molar-refractivity contribution in [3.8, 4) is 17.0 Å². The summed E-state index contributed by atoms with van der Waals surface area (Å²) in [4.78, 5) is 34.2. The first-order chi connectivity index (χ1) is 12.6. The standard InChI is InChI=1S/C18H16N4O3S/c1-11-2-4-12(5-3-11)13-9-26-17-15(13)16(20-10-21-17)25-8-14(23)22-7-6-19-18(22)24/h2-5,9-10H,6-8H2,1H3,(H,19,24). The van der Waals surface area contributed by atoms with Gasteiger partial charge in [-0.2, -0.15) is 0 Å². The maximum absolute atomic E-state index is 12.2. The molecule has 1 saturated heterocycles. The number of fused-ring (bicyclic) bond motifs is 1. The second-order valence-electron chi connectivity index (χ2n) is 5.94. The number of carbonyl (C=O) groups is 2. The van der Waals surface area contributed by atoms with E-state index in [1.165, 1.54) is 23.2 Å². The number of thiophene rings is 1. The van der Waals surface area contributed by atoms with E-state index in [0.29, 0.717) is 19.0 Å². The molecular formula is C18H16N4O3S. The van der Waals surface area contributed by atoms with E-state index in [1.807, 2.05) is 36.6 Å². The Morgan fingerprint density at radius 3 is 2.85 bits per heavy atom. The third-order valence-electron chi connectivity index (χ3n) is 4.19. The SMILES string of the molecule is Cc1ccc(-c2csc3ncnc(OCC(=O)N4CCNC4=O)c23)cc1. The molecule has 3 aromatic rings. The maximum Gasteiger partial charge on any atom is 0.324 e. The molecule has 132 valence electrons. The van der Waals surface area contributed by atoms with Crippen LogP contribution < -0.4 is 10.1 Å². The summed E-state index contributed by atoms with van der Waals surface area (Å²) >= 11 is 1.50. The van der Waals surface area contributed by atoms with Crippen LogP contribution in [0, 0.1) is 6.92 Å². The molecule has 0 radical (unpaired) electrons. The molecule has 1 aliphatic heterocycles. The van der Waals surface area contributed by atoms with Crippen LogP contribution in [0.2, 0.25) is 0 Å². The molecule has 0 aliphatic carbocycles. The number of ether oxygens (including phenoxy) is 1. The van der Waals surface area contributed by atoms with Crippen LogP contribution in [0.4, 0.5) is 4.79 Å². The van der Waals surface area contributed by atoms with Gasteiger partial charge in [-0.15, -0.1) is 11.3 Å². The number of aryl methyl sites for hydroxylation is 1. The number of nitrogens with zero attached hydrogens (tertiary/aromatic N) is 3. The monoisotopic (exact) mass is 368 g/mol. The molecule has 1 aliphatic rings. The zero-order valence-corrected chi connectivity index (χ0v) is 14.9. The summed E-state index contributed by atoms with van der Waals surface area (Å²) in [5.41, 5.74) is 3.18. The van der Waals surface area contributed by atoms with Crippen LogP contribution in [0.25, 0.3) is 21.3 Å². The lowest BCUT2D eigenvalue weighted by Gasteiger charge is -2.13.